The number of nitrogens with zero attached hydrogens (tertiary/aromatic N) is 3. The third-order valence-corrected chi connectivity index (χ3v) is 5.39. The van der Waals surface area contributed by atoms with Crippen LogP contribution >= 0.6 is 0 Å². The lowest BCUT2D eigenvalue weighted by molar-refractivity contribution is 0.0866. The fourth-order valence-electron chi connectivity index (χ4n) is 3.84. The topological polar surface area (TPSA) is 95.8 Å². The van der Waals surface area contributed by atoms with Crippen molar-refractivity contribution in [2.75, 3.05) is 0 Å². The summed E-state index contributed by atoms with van der Waals surface area (Å²) < 4.78 is 1.88. The minimum atomic E-state index is -0.510. The van der Waals surface area contributed by atoms with Gasteiger partial charge < -0.3 is 10.4 Å². The Bertz CT molecular complexity index is 692. The van der Waals surface area contributed by atoms with E-state index in [0.29, 0.717) is 24.0 Å². The van der Waals surface area contributed by atoms with E-state index in [4.69, 9.17) is 0 Å². The van der Waals surface area contributed by atoms with Gasteiger partial charge in [0.2, 0.25) is 0 Å². The van der Waals surface area contributed by atoms with Gasteiger partial charge in [-0.05, 0) is 43.6 Å². The molecule has 128 valence electrons. The van der Waals surface area contributed by atoms with Crippen LogP contribution < -0.4 is 5.32 Å². The van der Waals surface area contributed by atoms with E-state index in [1.54, 1.807) is 12.4 Å². The second-order valence-electron chi connectivity index (χ2n) is 7.04. The highest BCUT2D eigenvalue weighted by molar-refractivity contribution is 5.94. The fourth-order valence-corrected chi connectivity index (χ4v) is 3.84. The van der Waals surface area contributed by atoms with Gasteiger partial charge >= 0.3 is 0 Å². The van der Waals surface area contributed by atoms with Crippen LogP contribution in [0.4, 0.5) is 0 Å². The highest BCUT2D eigenvalue weighted by Crippen LogP contribution is 2.37. The molecule has 4 rings (SSSR count). The van der Waals surface area contributed by atoms with Crippen molar-refractivity contribution >= 4 is 5.91 Å². The first kappa shape index (κ1) is 15.4. The SMILES string of the molecule is O=C(N[C@@H]1CC(Cn2cccn2)C[C@H]1O)c1[nH]ncc1C1CCC1. The fraction of sp³-hybridized carbons (Fsp3) is 0.588. The highest BCUT2D eigenvalue weighted by Gasteiger charge is 2.35. The second-order valence-corrected chi connectivity index (χ2v) is 7.04. The van der Waals surface area contributed by atoms with Crippen LogP contribution in [0.25, 0.3) is 0 Å². The third-order valence-electron chi connectivity index (χ3n) is 5.39. The first-order chi connectivity index (χ1) is 11.7. The van der Waals surface area contributed by atoms with Gasteiger partial charge in [0.1, 0.15) is 5.69 Å². The van der Waals surface area contributed by atoms with E-state index in [9.17, 15) is 9.90 Å². The predicted octanol–water partition coefficient (Wildman–Crippen LogP) is 1.44. The number of carbonyl (C=O) groups excluding carboxylic acids is 1. The minimum Gasteiger partial charge on any atom is -0.391 e. The molecule has 1 unspecified atom stereocenters. The molecule has 2 fully saturated rings. The van der Waals surface area contributed by atoms with Gasteiger partial charge in [-0.2, -0.15) is 10.2 Å². The van der Waals surface area contributed by atoms with Gasteiger partial charge in [0.25, 0.3) is 5.91 Å². The van der Waals surface area contributed by atoms with Gasteiger partial charge in [0.05, 0.1) is 18.3 Å². The molecule has 3 N–H and O–H groups in total. The molecule has 7 nitrogen and oxygen atoms in total. The molecular weight excluding hydrogens is 306 g/mol. The van der Waals surface area contributed by atoms with Crippen LogP contribution in [0.5, 0.6) is 0 Å². The Morgan fingerprint density at radius 1 is 1.42 bits per heavy atom. The summed E-state index contributed by atoms with van der Waals surface area (Å²) in [6.07, 6.45) is 9.85. The number of hydrogen-bond donors (Lipinski definition) is 3. The molecule has 0 aliphatic heterocycles. The number of aliphatic hydroxyl groups excluding tert-OH is 1. The van der Waals surface area contributed by atoms with Gasteiger partial charge in [-0.1, -0.05) is 6.42 Å². The van der Waals surface area contributed by atoms with Crippen LogP contribution in [0.3, 0.4) is 0 Å². The summed E-state index contributed by atoms with van der Waals surface area (Å²) in [7, 11) is 0. The Balaban J connectivity index is 1.38. The molecule has 2 saturated carbocycles. The first-order valence-corrected chi connectivity index (χ1v) is 8.70. The molecule has 2 aliphatic carbocycles. The highest BCUT2D eigenvalue weighted by atomic mass is 16.3. The average Bonchev–Trinajstić information content (AvgIpc) is 3.21. The number of carbonyl (C=O) groups is 1. The van der Waals surface area contributed by atoms with Crippen molar-refractivity contribution < 1.29 is 9.90 Å². The van der Waals surface area contributed by atoms with E-state index in [2.05, 4.69) is 20.6 Å². The second kappa shape index (κ2) is 6.39. The average molecular weight is 329 g/mol. The lowest BCUT2D eigenvalue weighted by atomic mass is 9.80. The normalized spacial score (nSPS) is 27.1. The van der Waals surface area contributed by atoms with Gasteiger partial charge in [-0.3, -0.25) is 14.6 Å². The van der Waals surface area contributed by atoms with Crippen molar-refractivity contribution in [2.24, 2.45) is 5.92 Å². The first-order valence-electron chi connectivity index (χ1n) is 8.70. The molecule has 0 saturated heterocycles. The zero-order chi connectivity index (χ0) is 16.5. The van der Waals surface area contributed by atoms with Gasteiger partial charge in [-0.15, -0.1) is 0 Å². The van der Waals surface area contributed by atoms with E-state index in [1.807, 2.05) is 16.9 Å². The predicted molar refractivity (Wildman–Crippen MR) is 87.4 cm³/mol. The molecule has 7 heteroatoms. The number of nitrogens with one attached hydrogen (secondary N) is 2. The van der Waals surface area contributed by atoms with Crippen LogP contribution in [-0.2, 0) is 6.54 Å². The molecule has 0 bridgehead atoms. The summed E-state index contributed by atoms with van der Waals surface area (Å²) in [6, 6.07) is 1.68. The maximum atomic E-state index is 12.6. The van der Waals surface area contributed by atoms with Crippen LogP contribution in [0.15, 0.2) is 24.7 Å². The zero-order valence-electron chi connectivity index (χ0n) is 13.6. The Morgan fingerprint density at radius 3 is 3.00 bits per heavy atom. The van der Waals surface area contributed by atoms with Gasteiger partial charge in [0, 0.05) is 24.5 Å². The third kappa shape index (κ3) is 2.96. The van der Waals surface area contributed by atoms with Crippen molar-refractivity contribution in [1.82, 2.24) is 25.3 Å². The minimum absolute atomic E-state index is 0.154. The van der Waals surface area contributed by atoms with E-state index >= 15 is 0 Å². The number of H-pyrrole nitrogens is 1. The molecule has 24 heavy (non-hydrogen) atoms. The van der Waals surface area contributed by atoms with Crippen LogP contribution in [-0.4, -0.2) is 43.1 Å². The number of aromatic amines is 1. The molecule has 2 aliphatic rings. The Hall–Kier alpha value is -2.15. The molecule has 0 radical (unpaired) electrons. The van der Waals surface area contributed by atoms with Crippen molar-refractivity contribution in [1.29, 1.82) is 0 Å². The zero-order valence-corrected chi connectivity index (χ0v) is 13.6. The van der Waals surface area contributed by atoms with Crippen LogP contribution in [0.1, 0.15) is 54.1 Å². The summed E-state index contributed by atoms with van der Waals surface area (Å²) in [6.45, 7) is 0.772. The summed E-state index contributed by atoms with van der Waals surface area (Å²) in [5, 5.41) is 24.4. The van der Waals surface area contributed by atoms with E-state index in [1.165, 1.54) is 6.42 Å². The van der Waals surface area contributed by atoms with E-state index < -0.39 is 6.10 Å². The Kier molecular flexibility index (Phi) is 4.10. The molecular formula is C17H23N5O2. The van der Waals surface area contributed by atoms with Gasteiger partial charge in [-0.25, -0.2) is 0 Å². The van der Waals surface area contributed by atoms with Crippen molar-refractivity contribution in [3.05, 3.63) is 35.9 Å². The largest absolute Gasteiger partial charge is 0.391 e. The summed E-state index contributed by atoms with van der Waals surface area (Å²) in [4.78, 5) is 12.6. The standard InChI is InChI=1S/C17H23N5O2/c23-15-8-11(10-22-6-2-5-19-22)7-14(15)20-17(24)16-13(9-18-21-16)12-3-1-4-12/h2,5-6,9,11-12,14-15,23H,1,3-4,7-8,10H2,(H,18,21)(H,20,24)/t11?,14-,15-/m1/s1. The smallest absolute Gasteiger partial charge is 0.269 e. The lowest BCUT2D eigenvalue weighted by Crippen LogP contribution is -2.40. The summed E-state index contributed by atoms with van der Waals surface area (Å²) >= 11 is 0. The van der Waals surface area contributed by atoms with Crippen LogP contribution in [0.2, 0.25) is 0 Å². The number of hydrogen-bond acceptors (Lipinski definition) is 4. The number of aromatic nitrogens is 4. The number of rotatable bonds is 5. The van der Waals surface area contributed by atoms with Gasteiger partial charge in [0.15, 0.2) is 0 Å². The molecule has 1 amide bonds. The maximum Gasteiger partial charge on any atom is 0.269 e. The van der Waals surface area contributed by atoms with E-state index in [0.717, 1.165) is 31.4 Å². The number of amides is 1. The maximum absolute atomic E-state index is 12.6. The van der Waals surface area contributed by atoms with Crippen molar-refractivity contribution in [2.45, 2.75) is 56.7 Å². The molecule has 0 spiro atoms. The summed E-state index contributed by atoms with van der Waals surface area (Å²) in [5.74, 6) is 0.613. The summed E-state index contributed by atoms with van der Waals surface area (Å²) in [5.41, 5.74) is 1.57. The van der Waals surface area contributed by atoms with Crippen LogP contribution in [0, 0.1) is 5.92 Å². The molecule has 2 aromatic rings. The Morgan fingerprint density at radius 2 is 2.29 bits per heavy atom. The molecule has 0 aromatic carbocycles. The molecule has 2 heterocycles. The monoisotopic (exact) mass is 329 g/mol. The Labute approximate surface area is 140 Å². The van der Waals surface area contributed by atoms with E-state index in [-0.39, 0.29) is 11.9 Å². The quantitative estimate of drug-likeness (QED) is 0.773. The molecule has 3 atom stereocenters. The van der Waals surface area contributed by atoms with Crippen molar-refractivity contribution in [3.63, 3.8) is 0 Å². The number of aliphatic hydroxyl groups is 1. The lowest BCUT2D eigenvalue weighted by Gasteiger charge is -2.25. The van der Waals surface area contributed by atoms with Crippen molar-refractivity contribution in [3.8, 4) is 0 Å². The molecule has 2 aromatic heterocycles.